The summed E-state index contributed by atoms with van der Waals surface area (Å²) in [6.07, 6.45) is 5.45. The molecule has 88 valence electrons. The van der Waals surface area contributed by atoms with E-state index in [1.807, 2.05) is 4.90 Å². The SMILES string of the molecule is NCC1CCCN(C(=O)Cn2ccnn2)C1. The number of nitrogens with zero attached hydrogens (tertiary/aromatic N) is 4. The Morgan fingerprint density at radius 1 is 1.56 bits per heavy atom. The quantitative estimate of drug-likeness (QED) is 0.747. The van der Waals surface area contributed by atoms with Gasteiger partial charge in [-0.05, 0) is 25.3 Å². The van der Waals surface area contributed by atoms with Crippen LogP contribution in [0.4, 0.5) is 0 Å². The summed E-state index contributed by atoms with van der Waals surface area (Å²) in [6, 6.07) is 0. The Kier molecular flexibility index (Phi) is 3.51. The molecule has 1 fully saturated rings. The molecule has 1 amide bonds. The van der Waals surface area contributed by atoms with Crippen LogP contribution in [0.1, 0.15) is 12.8 Å². The standard InChI is InChI=1S/C10H17N5O/c11-6-9-2-1-4-14(7-9)10(16)8-15-5-3-12-13-15/h3,5,9H,1-2,4,6-8,11H2. The largest absolute Gasteiger partial charge is 0.341 e. The van der Waals surface area contributed by atoms with Crippen LogP contribution in [-0.4, -0.2) is 45.4 Å². The number of hydrogen-bond donors (Lipinski definition) is 1. The minimum absolute atomic E-state index is 0.101. The topological polar surface area (TPSA) is 77.0 Å². The molecule has 2 N–H and O–H groups in total. The number of nitrogens with two attached hydrogens (primary N) is 1. The molecule has 1 aliphatic rings. The summed E-state index contributed by atoms with van der Waals surface area (Å²) in [7, 11) is 0. The fourth-order valence-electron chi connectivity index (χ4n) is 2.04. The van der Waals surface area contributed by atoms with Gasteiger partial charge in [-0.25, -0.2) is 4.68 Å². The number of amides is 1. The van der Waals surface area contributed by atoms with Crippen LogP contribution in [0.15, 0.2) is 12.4 Å². The number of likely N-dealkylation sites (tertiary alicyclic amines) is 1. The van der Waals surface area contributed by atoms with Gasteiger partial charge in [-0.2, -0.15) is 0 Å². The van der Waals surface area contributed by atoms with E-state index < -0.39 is 0 Å². The summed E-state index contributed by atoms with van der Waals surface area (Å²) >= 11 is 0. The zero-order chi connectivity index (χ0) is 11.4. The molecular formula is C10H17N5O. The number of carbonyl (C=O) groups is 1. The van der Waals surface area contributed by atoms with Crippen molar-refractivity contribution < 1.29 is 4.79 Å². The van der Waals surface area contributed by atoms with E-state index in [0.717, 1.165) is 25.9 Å². The van der Waals surface area contributed by atoms with E-state index in [-0.39, 0.29) is 12.5 Å². The maximum absolute atomic E-state index is 11.9. The van der Waals surface area contributed by atoms with Gasteiger partial charge in [-0.1, -0.05) is 5.21 Å². The Hall–Kier alpha value is -1.43. The predicted molar refractivity (Wildman–Crippen MR) is 58.4 cm³/mol. The van der Waals surface area contributed by atoms with Gasteiger partial charge in [-0.3, -0.25) is 4.79 Å². The molecular weight excluding hydrogens is 206 g/mol. The first-order chi connectivity index (χ1) is 7.79. The van der Waals surface area contributed by atoms with Crippen molar-refractivity contribution >= 4 is 5.91 Å². The Morgan fingerprint density at radius 3 is 3.12 bits per heavy atom. The van der Waals surface area contributed by atoms with Crippen molar-refractivity contribution in [3.63, 3.8) is 0 Å². The van der Waals surface area contributed by atoms with Crippen LogP contribution in [0.3, 0.4) is 0 Å². The lowest BCUT2D eigenvalue weighted by Crippen LogP contribution is -2.43. The van der Waals surface area contributed by atoms with E-state index >= 15 is 0 Å². The van der Waals surface area contributed by atoms with Crippen LogP contribution in [-0.2, 0) is 11.3 Å². The molecule has 0 spiro atoms. The Labute approximate surface area is 94.4 Å². The maximum Gasteiger partial charge on any atom is 0.244 e. The first-order valence-corrected chi connectivity index (χ1v) is 5.61. The highest BCUT2D eigenvalue weighted by Crippen LogP contribution is 2.15. The van der Waals surface area contributed by atoms with E-state index in [2.05, 4.69) is 10.3 Å². The van der Waals surface area contributed by atoms with Crippen LogP contribution in [0.5, 0.6) is 0 Å². The van der Waals surface area contributed by atoms with Crippen LogP contribution in [0.25, 0.3) is 0 Å². The molecule has 1 aromatic rings. The normalized spacial score (nSPS) is 21.1. The van der Waals surface area contributed by atoms with Gasteiger partial charge >= 0.3 is 0 Å². The highest BCUT2D eigenvalue weighted by molar-refractivity contribution is 5.75. The molecule has 1 unspecified atom stereocenters. The molecule has 2 heterocycles. The van der Waals surface area contributed by atoms with Crippen LogP contribution >= 0.6 is 0 Å². The third-order valence-electron chi connectivity index (χ3n) is 2.97. The average Bonchev–Trinajstić information content (AvgIpc) is 2.82. The van der Waals surface area contributed by atoms with E-state index in [1.165, 1.54) is 0 Å². The van der Waals surface area contributed by atoms with E-state index in [1.54, 1.807) is 17.1 Å². The molecule has 2 rings (SSSR count). The van der Waals surface area contributed by atoms with Gasteiger partial charge in [0.25, 0.3) is 0 Å². The van der Waals surface area contributed by atoms with Crippen LogP contribution in [0.2, 0.25) is 0 Å². The number of carbonyl (C=O) groups excluding carboxylic acids is 1. The first-order valence-electron chi connectivity index (χ1n) is 5.61. The summed E-state index contributed by atoms with van der Waals surface area (Å²) in [5, 5.41) is 7.46. The van der Waals surface area contributed by atoms with Crippen molar-refractivity contribution in [2.45, 2.75) is 19.4 Å². The van der Waals surface area contributed by atoms with Gasteiger partial charge in [0, 0.05) is 19.3 Å². The predicted octanol–water partition coefficient (Wildman–Crippen LogP) is -0.525. The molecule has 0 radical (unpaired) electrons. The number of rotatable bonds is 3. The summed E-state index contributed by atoms with van der Waals surface area (Å²) in [5.74, 6) is 0.553. The number of aromatic nitrogens is 3. The van der Waals surface area contributed by atoms with Gasteiger partial charge in [0.15, 0.2) is 0 Å². The molecule has 1 aliphatic heterocycles. The zero-order valence-electron chi connectivity index (χ0n) is 9.25. The van der Waals surface area contributed by atoms with Gasteiger partial charge in [0.1, 0.15) is 6.54 Å². The molecule has 6 heteroatoms. The van der Waals surface area contributed by atoms with Gasteiger partial charge in [0.05, 0.1) is 6.20 Å². The summed E-state index contributed by atoms with van der Waals surface area (Å²) in [5.41, 5.74) is 5.64. The minimum atomic E-state index is 0.101. The summed E-state index contributed by atoms with van der Waals surface area (Å²) in [6.45, 7) is 2.55. The van der Waals surface area contributed by atoms with Gasteiger partial charge in [-0.15, -0.1) is 5.10 Å². The van der Waals surface area contributed by atoms with Crippen molar-refractivity contribution in [2.75, 3.05) is 19.6 Å². The minimum Gasteiger partial charge on any atom is -0.341 e. The third-order valence-corrected chi connectivity index (χ3v) is 2.97. The van der Waals surface area contributed by atoms with Crippen molar-refractivity contribution in [1.82, 2.24) is 19.9 Å². The Morgan fingerprint density at radius 2 is 2.44 bits per heavy atom. The number of hydrogen-bond acceptors (Lipinski definition) is 4. The zero-order valence-corrected chi connectivity index (χ0v) is 9.25. The lowest BCUT2D eigenvalue weighted by atomic mass is 9.98. The lowest BCUT2D eigenvalue weighted by Gasteiger charge is -2.32. The van der Waals surface area contributed by atoms with Crippen LogP contribution in [0, 0.1) is 5.92 Å². The molecule has 1 atom stereocenters. The highest BCUT2D eigenvalue weighted by atomic mass is 16.2. The van der Waals surface area contributed by atoms with Gasteiger partial charge in [0.2, 0.25) is 5.91 Å². The summed E-state index contributed by atoms with van der Waals surface area (Å²) < 4.78 is 1.55. The second-order valence-electron chi connectivity index (χ2n) is 4.18. The molecule has 1 aromatic heterocycles. The van der Waals surface area contributed by atoms with Crippen molar-refractivity contribution in [1.29, 1.82) is 0 Å². The molecule has 0 aliphatic carbocycles. The monoisotopic (exact) mass is 223 g/mol. The van der Waals surface area contributed by atoms with Crippen molar-refractivity contribution in [3.8, 4) is 0 Å². The molecule has 0 bridgehead atoms. The van der Waals surface area contributed by atoms with E-state index in [9.17, 15) is 4.79 Å². The second-order valence-corrected chi connectivity index (χ2v) is 4.18. The van der Waals surface area contributed by atoms with Crippen molar-refractivity contribution in [2.24, 2.45) is 11.7 Å². The average molecular weight is 223 g/mol. The second kappa shape index (κ2) is 5.07. The fourth-order valence-corrected chi connectivity index (χ4v) is 2.04. The Balaban J connectivity index is 1.89. The van der Waals surface area contributed by atoms with Crippen molar-refractivity contribution in [3.05, 3.63) is 12.4 Å². The van der Waals surface area contributed by atoms with Gasteiger partial charge < -0.3 is 10.6 Å². The molecule has 6 nitrogen and oxygen atoms in total. The third kappa shape index (κ3) is 2.57. The molecule has 0 aromatic carbocycles. The van der Waals surface area contributed by atoms with E-state index in [4.69, 9.17) is 5.73 Å². The molecule has 16 heavy (non-hydrogen) atoms. The molecule has 1 saturated heterocycles. The van der Waals surface area contributed by atoms with Crippen LogP contribution < -0.4 is 5.73 Å². The number of piperidine rings is 1. The maximum atomic E-state index is 11.9. The Bertz CT molecular complexity index is 337. The van der Waals surface area contributed by atoms with E-state index in [0.29, 0.717) is 12.5 Å². The molecule has 0 saturated carbocycles. The first kappa shape index (κ1) is 11.1. The lowest BCUT2D eigenvalue weighted by molar-refractivity contribution is -0.133. The summed E-state index contributed by atoms with van der Waals surface area (Å²) in [4.78, 5) is 13.8. The highest BCUT2D eigenvalue weighted by Gasteiger charge is 2.22. The fraction of sp³-hybridized carbons (Fsp3) is 0.700. The smallest absolute Gasteiger partial charge is 0.244 e.